The number of rotatable bonds is 4. The topological polar surface area (TPSA) is 58.9 Å². The van der Waals surface area contributed by atoms with Crippen molar-refractivity contribution < 1.29 is 19.7 Å². The van der Waals surface area contributed by atoms with E-state index >= 15 is 0 Å². The van der Waals surface area contributed by atoms with Crippen LogP contribution in [0.1, 0.15) is 0 Å². The molecule has 0 atom stereocenters. The van der Waals surface area contributed by atoms with Gasteiger partial charge in [-0.15, -0.1) is 0 Å². The van der Waals surface area contributed by atoms with Crippen molar-refractivity contribution in [3.05, 3.63) is 97.1 Å². The SMILES string of the molecule is COc1ccc(-c2ccccc2OC)cc1.Oc1ccc(-c2ccccc2O)cc1. The van der Waals surface area contributed by atoms with Gasteiger partial charge in [0.2, 0.25) is 0 Å². The van der Waals surface area contributed by atoms with E-state index in [1.165, 1.54) is 0 Å². The van der Waals surface area contributed by atoms with Crippen molar-refractivity contribution in [1.82, 2.24) is 0 Å². The monoisotopic (exact) mass is 400 g/mol. The lowest BCUT2D eigenvalue weighted by molar-refractivity contribution is 0.414. The lowest BCUT2D eigenvalue weighted by Crippen LogP contribution is -1.87. The van der Waals surface area contributed by atoms with Crippen LogP contribution in [0.3, 0.4) is 0 Å². The van der Waals surface area contributed by atoms with Crippen LogP contribution >= 0.6 is 0 Å². The van der Waals surface area contributed by atoms with Gasteiger partial charge >= 0.3 is 0 Å². The molecule has 0 unspecified atom stereocenters. The van der Waals surface area contributed by atoms with Gasteiger partial charge in [-0.05, 0) is 47.5 Å². The van der Waals surface area contributed by atoms with Crippen molar-refractivity contribution in [2.24, 2.45) is 0 Å². The summed E-state index contributed by atoms with van der Waals surface area (Å²) < 4.78 is 10.5. The Kier molecular flexibility index (Phi) is 6.95. The van der Waals surface area contributed by atoms with Crippen molar-refractivity contribution in [2.75, 3.05) is 14.2 Å². The summed E-state index contributed by atoms with van der Waals surface area (Å²) in [6.07, 6.45) is 0. The van der Waals surface area contributed by atoms with Gasteiger partial charge in [0.05, 0.1) is 14.2 Å². The first-order valence-corrected chi connectivity index (χ1v) is 9.47. The molecule has 0 aliphatic rings. The fraction of sp³-hybridized carbons (Fsp3) is 0.0769. The van der Waals surface area contributed by atoms with Gasteiger partial charge in [0.25, 0.3) is 0 Å². The zero-order chi connectivity index (χ0) is 21.3. The lowest BCUT2D eigenvalue weighted by atomic mass is 10.0. The summed E-state index contributed by atoms with van der Waals surface area (Å²) in [5, 5.41) is 18.7. The summed E-state index contributed by atoms with van der Waals surface area (Å²) in [4.78, 5) is 0. The van der Waals surface area contributed by atoms with Crippen molar-refractivity contribution in [1.29, 1.82) is 0 Å². The molecule has 0 saturated carbocycles. The van der Waals surface area contributed by atoms with Crippen molar-refractivity contribution in [2.45, 2.75) is 0 Å². The minimum absolute atomic E-state index is 0.226. The van der Waals surface area contributed by atoms with Gasteiger partial charge in [-0.2, -0.15) is 0 Å². The molecule has 0 saturated heterocycles. The third-order valence-electron chi connectivity index (χ3n) is 4.59. The van der Waals surface area contributed by atoms with Crippen LogP contribution in [0.15, 0.2) is 97.1 Å². The first kappa shape index (κ1) is 20.8. The van der Waals surface area contributed by atoms with E-state index in [4.69, 9.17) is 14.6 Å². The number of benzene rings is 4. The number of ether oxygens (including phenoxy) is 2. The lowest BCUT2D eigenvalue weighted by Gasteiger charge is -2.08. The van der Waals surface area contributed by atoms with Crippen LogP contribution < -0.4 is 9.47 Å². The van der Waals surface area contributed by atoms with Gasteiger partial charge in [-0.3, -0.25) is 0 Å². The van der Waals surface area contributed by atoms with Crippen LogP contribution in [0.2, 0.25) is 0 Å². The maximum atomic E-state index is 9.57. The summed E-state index contributed by atoms with van der Waals surface area (Å²) in [5.74, 6) is 2.22. The molecule has 0 bridgehead atoms. The zero-order valence-corrected chi connectivity index (χ0v) is 16.9. The molecule has 4 heteroatoms. The predicted molar refractivity (Wildman–Crippen MR) is 120 cm³/mol. The highest BCUT2D eigenvalue weighted by molar-refractivity contribution is 5.71. The molecular formula is C26H24O4. The third-order valence-corrected chi connectivity index (χ3v) is 4.59. The minimum atomic E-state index is 0.226. The van der Waals surface area contributed by atoms with E-state index < -0.39 is 0 Å². The van der Waals surface area contributed by atoms with Crippen LogP contribution in [0.5, 0.6) is 23.0 Å². The first-order valence-electron chi connectivity index (χ1n) is 9.47. The van der Waals surface area contributed by atoms with Crippen molar-refractivity contribution in [3.8, 4) is 45.3 Å². The van der Waals surface area contributed by atoms with Gasteiger partial charge in [0.15, 0.2) is 0 Å². The summed E-state index contributed by atoms with van der Waals surface area (Å²) in [6.45, 7) is 0. The molecule has 4 aromatic carbocycles. The molecule has 2 N–H and O–H groups in total. The number of phenols is 2. The molecule has 0 amide bonds. The van der Waals surface area contributed by atoms with E-state index in [0.717, 1.165) is 33.8 Å². The standard InChI is InChI=1S/C14H14O2.C12H10O2/c1-15-12-9-7-11(8-10-12)13-5-3-4-6-14(13)16-2;13-10-7-5-9(6-8-10)11-3-1-2-4-12(11)14/h3-10H,1-2H3;1-8,13-14H. The molecule has 4 aromatic rings. The van der Waals surface area contributed by atoms with Gasteiger partial charge in [-0.1, -0.05) is 60.7 Å². The van der Waals surface area contributed by atoms with E-state index in [2.05, 4.69) is 0 Å². The summed E-state index contributed by atoms with van der Waals surface area (Å²) in [5.41, 5.74) is 3.87. The zero-order valence-electron chi connectivity index (χ0n) is 16.9. The highest BCUT2D eigenvalue weighted by Gasteiger charge is 2.04. The molecule has 0 fully saturated rings. The predicted octanol–water partition coefficient (Wildman–Crippen LogP) is 6.14. The Bertz CT molecular complexity index is 1070. The van der Waals surface area contributed by atoms with Crippen LogP contribution in [0, 0.1) is 0 Å². The number of methoxy groups -OCH3 is 2. The van der Waals surface area contributed by atoms with E-state index in [1.807, 2.05) is 60.7 Å². The normalized spacial score (nSPS) is 9.93. The second kappa shape index (κ2) is 10.0. The molecule has 4 nitrogen and oxygen atoms in total. The van der Waals surface area contributed by atoms with E-state index in [9.17, 15) is 5.11 Å². The average Bonchev–Trinajstić information content (AvgIpc) is 2.80. The molecule has 4 rings (SSSR count). The van der Waals surface area contributed by atoms with Gasteiger partial charge in [-0.25, -0.2) is 0 Å². The van der Waals surface area contributed by atoms with Crippen LogP contribution in [0.25, 0.3) is 22.3 Å². The second-order valence-electron chi connectivity index (χ2n) is 6.49. The first-order chi connectivity index (χ1) is 14.6. The minimum Gasteiger partial charge on any atom is -0.508 e. The molecule has 0 aliphatic heterocycles. The van der Waals surface area contributed by atoms with Crippen molar-refractivity contribution >= 4 is 0 Å². The molecule has 0 heterocycles. The van der Waals surface area contributed by atoms with Gasteiger partial charge in [0.1, 0.15) is 23.0 Å². The van der Waals surface area contributed by atoms with Crippen LogP contribution in [0.4, 0.5) is 0 Å². The number of para-hydroxylation sites is 2. The molecule has 0 spiro atoms. The van der Waals surface area contributed by atoms with Gasteiger partial charge in [0, 0.05) is 11.1 Å². The number of hydrogen-bond donors (Lipinski definition) is 2. The number of aromatic hydroxyl groups is 2. The quantitative estimate of drug-likeness (QED) is 0.432. The van der Waals surface area contributed by atoms with Crippen LogP contribution in [-0.4, -0.2) is 24.4 Å². The summed E-state index contributed by atoms with van der Waals surface area (Å²) in [6, 6.07) is 29.8. The molecule has 0 radical (unpaired) electrons. The average molecular weight is 400 g/mol. The fourth-order valence-electron chi connectivity index (χ4n) is 3.01. The summed E-state index contributed by atoms with van der Waals surface area (Å²) in [7, 11) is 3.35. The Hall–Kier alpha value is -3.92. The Morgan fingerprint density at radius 3 is 1.67 bits per heavy atom. The second-order valence-corrected chi connectivity index (χ2v) is 6.49. The Labute approximate surface area is 176 Å². The molecule has 30 heavy (non-hydrogen) atoms. The van der Waals surface area contributed by atoms with E-state index in [0.29, 0.717) is 0 Å². The Morgan fingerprint density at radius 2 is 1.07 bits per heavy atom. The Balaban J connectivity index is 0.000000172. The maximum Gasteiger partial charge on any atom is 0.126 e. The molecular weight excluding hydrogens is 376 g/mol. The number of hydrogen-bond acceptors (Lipinski definition) is 4. The Morgan fingerprint density at radius 1 is 0.533 bits per heavy atom. The van der Waals surface area contributed by atoms with Crippen molar-refractivity contribution in [3.63, 3.8) is 0 Å². The largest absolute Gasteiger partial charge is 0.508 e. The smallest absolute Gasteiger partial charge is 0.126 e. The van der Waals surface area contributed by atoms with Gasteiger partial charge < -0.3 is 19.7 Å². The fourth-order valence-corrected chi connectivity index (χ4v) is 3.01. The number of phenolic OH excluding ortho intramolecular Hbond substituents is 2. The van der Waals surface area contributed by atoms with Crippen LogP contribution in [-0.2, 0) is 0 Å². The molecule has 152 valence electrons. The van der Waals surface area contributed by atoms with E-state index in [-0.39, 0.29) is 11.5 Å². The van der Waals surface area contributed by atoms with E-state index in [1.54, 1.807) is 50.6 Å². The molecule has 0 aromatic heterocycles. The highest BCUT2D eigenvalue weighted by Crippen LogP contribution is 2.31. The highest BCUT2D eigenvalue weighted by atomic mass is 16.5. The summed E-state index contributed by atoms with van der Waals surface area (Å²) >= 11 is 0. The third kappa shape index (κ3) is 5.11. The maximum absolute atomic E-state index is 9.57. The molecule has 0 aliphatic carbocycles.